The van der Waals surface area contributed by atoms with Gasteiger partial charge in [0.25, 0.3) is 0 Å². The predicted molar refractivity (Wildman–Crippen MR) is 86.2 cm³/mol. The van der Waals surface area contributed by atoms with Gasteiger partial charge in [0.15, 0.2) is 0 Å². The molecule has 1 atom stereocenters. The second-order valence-corrected chi connectivity index (χ2v) is 6.05. The molecule has 1 N–H and O–H groups in total. The van der Waals surface area contributed by atoms with Crippen LogP contribution in [0, 0.1) is 12.3 Å². The van der Waals surface area contributed by atoms with E-state index in [1.807, 2.05) is 4.90 Å². The van der Waals surface area contributed by atoms with Crippen molar-refractivity contribution < 1.29 is 9.90 Å². The smallest absolute Gasteiger partial charge is 0.219 e. The molecule has 0 spiro atoms. The number of rotatable bonds is 5. The Labute approximate surface area is 133 Å². The molecule has 0 saturated carbocycles. The van der Waals surface area contributed by atoms with E-state index in [9.17, 15) is 9.90 Å². The monoisotopic (exact) mass is 308 g/mol. The van der Waals surface area contributed by atoms with Gasteiger partial charge in [-0.25, -0.2) is 0 Å². The lowest BCUT2D eigenvalue weighted by atomic mass is 10.2. The number of terminal acetylenes is 1. The first kappa shape index (κ1) is 17.2. The summed E-state index contributed by atoms with van der Waals surface area (Å²) in [5.41, 5.74) is 0. The van der Waals surface area contributed by atoms with E-state index in [2.05, 4.69) is 20.6 Å². The van der Waals surface area contributed by atoms with Gasteiger partial charge in [0, 0.05) is 65.9 Å². The Kier molecular flexibility index (Phi) is 6.65. The molecule has 2 aliphatic heterocycles. The second-order valence-electron chi connectivity index (χ2n) is 6.05. The zero-order valence-corrected chi connectivity index (χ0v) is 13.6. The highest BCUT2D eigenvalue weighted by Crippen LogP contribution is 2.16. The Morgan fingerprint density at radius 1 is 1.09 bits per heavy atom. The Morgan fingerprint density at radius 2 is 1.64 bits per heavy atom. The maximum atomic E-state index is 11.4. The van der Waals surface area contributed by atoms with Crippen molar-refractivity contribution in [3.8, 4) is 12.3 Å². The van der Waals surface area contributed by atoms with Crippen molar-refractivity contribution in [1.82, 2.24) is 19.6 Å². The lowest BCUT2D eigenvalue weighted by Crippen LogP contribution is -2.60. The molecule has 22 heavy (non-hydrogen) atoms. The minimum atomic E-state index is 0.154. The molecule has 1 unspecified atom stereocenters. The van der Waals surface area contributed by atoms with Gasteiger partial charge >= 0.3 is 0 Å². The molecule has 0 aromatic rings. The summed E-state index contributed by atoms with van der Waals surface area (Å²) in [6.45, 7) is 9.83. The van der Waals surface area contributed by atoms with Crippen molar-refractivity contribution in [3.05, 3.63) is 0 Å². The molecule has 2 saturated heterocycles. The van der Waals surface area contributed by atoms with Crippen LogP contribution in [0.25, 0.3) is 0 Å². The van der Waals surface area contributed by atoms with Crippen molar-refractivity contribution in [2.45, 2.75) is 19.5 Å². The van der Waals surface area contributed by atoms with Gasteiger partial charge in [-0.15, -0.1) is 6.42 Å². The Hall–Kier alpha value is -1.13. The fourth-order valence-corrected chi connectivity index (χ4v) is 3.40. The minimum absolute atomic E-state index is 0.154. The lowest BCUT2D eigenvalue weighted by molar-refractivity contribution is -0.132. The summed E-state index contributed by atoms with van der Waals surface area (Å²) < 4.78 is 0. The highest BCUT2D eigenvalue weighted by Gasteiger charge is 2.30. The maximum absolute atomic E-state index is 11.4. The van der Waals surface area contributed by atoms with Crippen LogP contribution in [0.1, 0.15) is 13.3 Å². The summed E-state index contributed by atoms with van der Waals surface area (Å²) in [5.74, 6) is 2.86. The van der Waals surface area contributed by atoms with Crippen LogP contribution < -0.4 is 0 Å². The summed E-state index contributed by atoms with van der Waals surface area (Å²) in [5, 5.41) is 9.42. The average Bonchev–Trinajstić information content (AvgIpc) is 2.54. The van der Waals surface area contributed by atoms with Crippen LogP contribution in [0.5, 0.6) is 0 Å². The summed E-state index contributed by atoms with van der Waals surface area (Å²) in [7, 11) is 0. The molecule has 0 aliphatic carbocycles. The Bertz CT molecular complexity index is 393. The number of nitrogens with zero attached hydrogens (tertiary/aromatic N) is 4. The normalized spacial score (nSPS) is 23.2. The number of carbonyl (C=O) groups excluding carboxylic acids is 1. The highest BCUT2D eigenvalue weighted by atomic mass is 16.3. The van der Waals surface area contributed by atoms with E-state index < -0.39 is 0 Å². The molecule has 2 fully saturated rings. The van der Waals surface area contributed by atoms with E-state index in [1.54, 1.807) is 6.92 Å². The Balaban J connectivity index is 1.88. The first-order chi connectivity index (χ1) is 10.7. The van der Waals surface area contributed by atoms with E-state index in [4.69, 9.17) is 6.42 Å². The fourth-order valence-electron chi connectivity index (χ4n) is 3.40. The molecule has 0 bridgehead atoms. The van der Waals surface area contributed by atoms with Crippen molar-refractivity contribution in [1.29, 1.82) is 0 Å². The molecule has 1 amide bonds. The van der Waals surface area contributed by atoms with Crippen LogP contribution in [-0.2, 0) is 4.79 Å². The van der Waals surface area contributed by atoms with Crippen LogP contribution in [0.3, 0.4) is 0 Å². The molecule has 124 valence electrons. The molecule has 2 rings (SSSR count). The first-order valence-electron chi connectivity index (χ1n) is 8.16. The summed E-state index contributed by atoms with van der Waals surface area (Å²) in [6.07, 6.45) is 6.41. The van der Waals surface area contributed by atoms with E-state index in [0.717, 1.165) is 65.3 Å². The third kappa shape index (κ3) is 4.43. The lowest BCUT2D eigenvalue weighted by Gasteiger charge is -2.46. The van der Waals surface area contributed by atoms with Gasteiger partial charge in [-0.2, -0.15) is 0 Å². The number of hydrogen-bond acceptors (Lipinski definition) is 5. The Morgan fingerprint density at radius 3 is 2.09 bits per heavy atom. The van der Waals surface area contributed by atoms with Crippen molar-refractivity contribution in [2.75, 3.05) is 65.5 Å². The van der Waals surface area contributed by atoms with Gasteiger partial charge < -0.3 is 10.0 Å². The topological polar surface area (TPSA) is 50.3 Å². The van der Waals surface area contributed by atoms with Gasteiger partial charge in [0.05, 0.1) is 12.7 Å². The van der Waals surface area contributed by atoms with Crippen molar-refractivity contribution in [2.24, 2.45) is 0 Å². The SMILES string of the molecule is C#CCN1CCN(C(CCO)N2CCN(C(C)=O)CC2)CC1. The van der Waals surface area contributed by atoms with Crippen LogP contribution in [0.15, 0.2) is 0 Å². The molecule has 0 aromatic carbocycles. The number of amides is 1. The third-order valence-corrected chi connectivity index (χ3v) is 4.71. The molecule has 2 heterocycles. The number of aliphatic hydroxyl groups is 1. The highest BCUT2D eigenvalue weighted by molar-refractivity contribution is 5.73. The largest absolute Gasteiger partial charge is 0.396 e. The van der Waals surface area contributed by atoms with Gasteiger partial charge in [0.1, 0.15) is 0 Å². The molecule has 6 heteroatoms. The number of aliphatic hydroxyl groups excluding tert-OH is 1. The molecular weight excluding hydrogens is 280 g/mol. The number of hydrogen-bond donors (Lipinski definition) is 1. The second kappa shape index (κ2) is 8.49. The summed E-state index contributed by atoms with van der Waals surface area (Å²) in [4.78, 5) is 20.5. The van der Waals surface area contributed by atoms with Crippen LogP contribution in [0.2, 0.25) is 0 Å². The standard InChI is InChI=1S/C16H28N4O2/c1-3-5-17-6-8-19(9-7-17)16(4-14-21)20-12-10-18(11-13-20)15(2)22/h1,16,21H,4-14H2,2H3. The molecule has 0 radical (unpaired) electrons. The summed E-state index contributed by atoms with van der Waals surface area (Å²) >= 11 is 0. The third-order valence-electron chi connectivity index (χ3n) is 4.71. The maximum Gasteiger partial charge on any atom is 0.219 e. The summed E-state index contributed by atoms with van der Waals surface area (Å²) in [6, 6.07) is 0. The van der Waals surface area contributed by atoms with E-state index in [1.165, 1.54) is 0 Å². The zero-order valence-electron chi connectivity index (χ0n) is 13.6. The molecular formula is C16H28N4O2. The van der Waals surface area contributed by atoms with Gasteiger partial charge in [-0.1, -0.05) is 5.92 Å². The van der Waals surface area contributed by atoms with Crippen LogP contribution >= 0.6 is 0 Å². The van der Waals surface area contributed by atoms with Crippen molar-refractivity contribution in [3.63, 3.8) is 0 Å². The van der Waals surface area contributed by atoms with E-state index >= 15 is 0 Å². The van der Waals surface area contributed by atoms with Gasteiger partial charge in [-0.05, 0) is 6.42 Å². The molecule has 0 aromatic heterocycles. The number of piperazine rings is 2. The van der Waals surface area contributed by atoms with E-state index in [-0.39, 0.29) is 18.7 Å². The quantitative estimate of drug-likeness (QED) is 0.668. The van der Waals surface area contributed by atoms with E-state index in [0.29, 0.717) is 0 Å². The van der Waals surface area contributed by atoms with Crippen LogP contribution in [0.4, 0.5) is 0 Å². The predicted octanol–water partition coefficient (Wildman–Crippen LogP) is -0.890. The van der Waals surface area contributed by atoms with Crippen molar-refractivity contribution >= 4 is 5.91 Å². The fraction of sp³-hybridized carbons (Fsp3) is 0.812. The molecule has 6 nitrogen and oxygen atoms in total. The van der Waals surface area contributed by atoms with Gasteiger partial charge in [-0.3, -0.25) is 19.5 Å². The average molecular weight is 308 g/mol. The zero-order chi connectivity index (χ0) is 15.9. The molecule has 2 aliphatic rings. The minimum Gasteiger partial charge on any atom is -0.396 e. The van der Waals surface area contributed by atoms with Crippen LogP contribution in [-0.4, -0.2) is 102 Å². The number of carbonyl (C=O) groups is 1. The van der Waals surface area contributed by atoms with Gasteiger partial charge in [0.2, 0.25) is 5.91 Å². The first-order valence-corrected chi connectivity index (χ1v) is 8.16.